The molecular weight excluding hydrogens is 400 g/mol. The molecule has 0 radical (unpaired) electrons. The Balaban J connectivity index is 1.49. The van der Waals surface area contributed by atoms with E-state index in [9.17, 15) is 14.4 Å². The van der Waals surface area contributed by atoms with Crippen molar-refractivity contribution in [3.05, 3.63) is 23.8 Å². The van der Waals surface area contributed by atoms with E-state index in [1.54, 1.807) is 25.3 Å². The average Bonchev–Trinajstić information content (AvgIpc) is 3.35. The van der Waals surface area contributed by atoms with Crippen LogP contribution >= 0.6 is 0 Å². The molecule has 2 N–H and O–H groups in total. The normalized spacial score (nSPS) is 21.3. The number of carbonyl (C=O) groups is 3. The number of benzene rings is 1. The first-order chi connectivity index (χ1) is 15.0. The SMILES string of the molecule is CCN1CCCC1CNC(=O)CCC1NC(=O)N(Cc2ccc(OC)c(OC)c2)C1=O. The van der Waals surface area contributed by atoms with Gasteiger partial charge in [-0.1, -0.05) is 13.0 Å². The monoisotopic (exact) mass is 432 g/mol. The highest BCUT2D eigenvalue weighted by Gasteiger charge is 2.38. The van der Waals surface area contributed by atoms with Crippen molar-refractivity contribution in [3.8, 4) is 11.5 Å². The molecule has 2 aliphatic rings. The Morgan fingerprint density at radius 3 is 2.71 bits per heavy atom. The van der Waals surface area contributed by atoms with Crippen molar-refractivity contribution in [2.45, 2.75) is 51.2 Å². The number of nitrogens with zero attached hydrogens (tertiary/aromatic N) is 2. The number of hydrogen-bond acceptors (Lipinski definition) is 6. The van der Waals surface area contributed by atoms with E-state index >= 15 is 0 Å². The number of hydrogen-bond donors (Lipinski definition) is 2. The summed E-state index contributed by atoms with van der Waals surface area (Å²) in [6, 6.07) is 4.51. The summed E-state index contributed by atoms with van der Waals surface area (Å²) in [4.78, 5) is 40.8. The van der Waals surface area contributed by atoms with E-state index in [0.717, 1.165) is 31.5 Å². The number of amides is 4. The van der Waals surface area contributed by atoms with Crippen molar-refractivity contribution in [3.63, 3.8) is 0 Å². The van der Waals surface area contributed by atoms with E-state index in [-0.39, 0.29) is 31.2 Å². The third kappa shape index (κ3) is 5.46. The summed E-state index contributed by atoms with van der Waals surface area (Å²) in [6.07, 6.45) is 2.73. The molecule has 0 aliphatic carbocycles. The summed E-state index contributed by atoms with van der Waals surface area (Å²) in [5, 5.41) is 5.66. The van der Waals surface area contributed by atoms with Gasteiger partial charge in [0, 0.05) is 19.0 Å². The molecule has 2 saturated heterocycles. The van der Waals surface area contributed by atoms with Gasteiger partial charge >= 0.3 is 6.03 Å². The van der Waals surface area contributed by atoms with Crippen molar-refractivity contribution in [2.75, 3.05) is 33.9 Å². The third-order valence-electron chi connectivity index (χ3n) is 6.00. The number of carbonyl (C=O) groups excluding carboxylic acids is 3. The van der Waals surface area contributed by atoms with E-state index in [0.29, 0.717) is 24.1 Å². The number of nitrogens with one attached hydrogen (secondary N) is 2. The number of rotatable bonds is 10. The van der Waals surface area contributed by atoms with Crippen LogP contribution in [0, 0.1) is 0 Å². The molecule has 9 heteroatoms. The fraction of sp³-hybridized carbons (Fsp3) is 0.591. The molecule has 31 heavy (non-hydrogen) atoms. The minimum Gasteiger partial charge on any atom is -0.493 e. The molecule has 0 spiro atoms. The van der Waals surface area contributed by atoms with Gasteiger partial charge in [-0.3, -0.25) is 19.4 Å². The fourth-order valence-corrected chi connectivity index (χ4v) is 4.22. The zero-order valence-corrected chi connectivity index (χ0v) is 18.5. The molecular formula is C22H32N4O5. The van der Waals surface area contributed by atoms with Gasteiger partial charge in [0.2, 0.25) is 5.91 Å². The highest BCUT2D eigenvalue weighted by atomic mass is 16.5. The minimum absolute atomic E-state index is 0.0941. The van der Waals surface area contributed by atoms with Gasteiger partial charge in [0.05, 0.1) is 20.8 Å². The maximum Gasteiger partial charge on any atom is 0.325 e. The van der Waals surface area contributed by atoms with Gasteiger partial charge in [-0.25, -0.2) is 4.79 Å². The van der Waals surface area contributed by atoms with E-state index in [1.807, 2.05) is 0 Å². The quantitative estimate of drug-likeness (QED) is 0.544. The molecule has 3 rings (SSSR count). The largest absolute Gasteiger partial charge is 0.493 e. The van der Waals surface area contributed by atoms with Crippen molar-refractivity contribution in [2.24, 2.45) is 0 Å². The Morgan fingerprint density at radius 2 is 2.00 bits per heavy atom. The summed E-state index contributed by atoms with van der Waals surface area (Å²) >= 11 is 0. The maximum atomic E-state index is 12.7. The van der Waals surface area contributed by atoms with Crippen LogP contribution in [0.4, 0.5) is 4.79 Å². The lowest BCUT2D eigenvalue weighted by atomic mass is 10.1. The second kappa shape index (κ2) is 10.5. The number of likely N-dealkylation sites (N-methyl/N-ethyl adjacent to an activating group) is 1. The highest BCUT2D eigenvalue weighted by Crippen LogP contribution is 2.28. The Kier molecular flexibility index (Phi) is 7.73. The highest BCUT2D eigenvalue weighted by molar-refractivity contribution is 6.04. The van der Waals surface area contributed by atoms with Crippen molar-refractivity contribution >= 4 is 17.8 Å². The Morgan fingerprint density at radius 1 is 1.23 bits per heavy atom. The average molecular weight is 433 g/mol. The zero-order chi connectivity index (χ0) is 22.4. The summed E-state index contributed by atoms with van der Waals surface area (Å²) in [6.45, 7) is 4.95. The first kappa shape index (κ1) is 22.9. The van der Waals surface area contributed by atoms with E-state index < -0.39 is 12.1 Å². The predicted octanol–water partition coefficient (Wildman–Crippen LogP) is 1.50. The van der Waals surface area contributed by atoms with Crippen LogP contribution < -0.4 is 20.1 Å². The van der Waals surface area contributed by atoms with Crippen LogP contribution in [0.15, 0.2) is 18.2 Å². The number of urea groups is 1. The molecule has 2 atom stereocenters. The van der Waals surface area contributed by atoms with Crippen LogP contribution in [0.5, 0.6) is 11.5 Å². The van der Waals surface area contributed by atoms with Gasteiger partial charge in [-0.15, -0.1) is 0 Å². The number of likely N-dealkylation sites (tertiary alicyclic amines) is 1. The lowest BCUT2D eigenvalue weighted by Crippen LogP contribution is -2.40. The van der Waals surface area contributed by atoms with Gasteiger partial charge in [-0.2, -0.15) is 0 Å². The second-order valence-electron chi connectivity index (χ2n) is 7.88. The molecule has 0 saturated carbocycles. The minimum atomic E-state index is -0.683. The Hall–Kier alpha value is -2.81. The number of methoxy groups -OCH3 is 2. The number of ether oxygens (including phenoxy) is 2. The van der Waals surface area contributed by atoms with Crippen LogP contribution in [0.1, 0.15) is 38.2 Å². The van der Waals surface area contributed by atoms with Gasteiger partial charge in [-0.05, 0) is 50.0 Å². The van der Waals surface area contributed by atoms with Crippen molar-refractivity contribution < 1.29 is 23.9 Å². The summed E-state index contributed by atoms with van der Waals surface area (Å²) in [7, 11) is 3.08. The van der Waals surface area contributed by atoms with Gasteiger partial charge in [0.25, 0.3) is 5.91 Å². The van der Waals surface area contributed by atoms with Crippen LogP contribution in [0.2, 0.25) is 0 Å². The molecule has 9 nitrogen and oxygen atoms in total. The van der Waals surface area contributed by atoms with Gasteiger partial charge < -0.3 is 20.1 Å². The van der Waals surface area contributed by atoms with Crippen LogP contribution in [0.3, 0.4) is 0 Å². The summed E-state index contributed by atoms with van der Waals surface area (Å²) in [5.41, 5.74) is 0.747. The number of imide groups is 1. The van der Waals surface area contributed by atoms with Crippen molar-refractivity contribution in [1.82, 2.24) is 20.4 Å². The van der Waals surface area contributed by atoms with Gasteiger partial charge in [0.15, 0.2) is 11.5 Å². The van der Waals surface area contributed by atoms with E-state index in [4.69, 9.17) is 9.47 Å². The van der Waals surface area contributed by atoms with Crippen LogP contribution in [0.25, 0.3) is 0 Å². The molecule has 1 aromatic rings. The molecule has 4 amide bonds. The first-order valence-electron chi connectivity index (χ1n) is 10.8. The lowest BCUT2D eigenvalue weighted by molar-refractivity contribution is -0.128. The van der Waals surface area contributed by atoms with Crippen LogP contribution in [-0.2, 0) is 16.1 Å². The molecule has 2 aliphatic heterocycles. The zero-order valence-electron chi connectivity index (χ0n) is 18.5. The predicted molar refractivity (Wildman–Crippen MR) is 115 cm³/mol. The molecule has 170 valence electrons. The molecule has 0 bridgehead atoms. The molecule has 1 aromatic carbocycles. The molecule has 0 aromatic heterocycles. The molecule has 2 unspecified atom stereocenters. The topological polar surface area (TPSA) is 100 Å². The maximum absolute atomic E-state index is 12.7. The lowest BCUT2D eigenvalue weighted by Gasteiger charge is -2.22. The van der Waals surface area contributed by atoms with E-state index in [1.165, 1.54) is 12.0 Å². The smallest absolute Gasteiger partial charge is 0.325 e. The first-order valence-corrected chi connectivity index (χ1v) is 10.8. The standard InChI is InChI=1S/C22H32N4O5/c1-4-25-11-5-6-16(25)13-23-20(27)10-8-17-21(28)26(22(29)24-17)14-15-7-9-18(30-2)19(12-15)31-3/h7,9,12,16-17H,4-6,8,10-11,13-14H2,1-3H3,(H,23,27)(H,24,29). The Bertz CT molecular complexity index is 815. The van der Waals surface area contributed by atoms with Crippen molar-refractivity contribution in [1.29, 1.82) is 0 Å². The summed E-state index contributed by atoms with van der Waals surface area (Å²) < 4.78 is 10.5. The fourth-order valence-electron chi connectivity index (χ4n) is 4.22. The summed E-state index contributed by atoms with van der Waals surface area (Å²) in [5.74, 6) is 0.694. The van der Waals surface area contributed by atoms with E-state index in [2.05, 4.69) is 22.5 Å². The van der Waals surface area contributed by atoms with Gasteiger partial charge in [0.1, 0.15) is 6.04 Å². The third-order valence-corrected chi connectivity index (χ3v) is 6.00. The molecule has 2 fully saturated rings. The van der Waals surface area contributed by atoms with Crippen LogP contribution in [-0.4, -0.2) is 73.6 Å². The Labute approximate surface area is 183 Å². The molecule has 2 heterocycles. The second-order valence-corrected chi connectivity index (χ2v) is 7.88.